The van der Waals surface area contributed by atoms with Crippen molar-refractivity contribution >= 4 is 23.2 Å². The molecule has 6 nitrogen and oxygen atoms in total. The van der Waals surface area contributed by atoms with Crippen LogP contribution in [-0.2, 0) is 16.1 Å². The zero-order chi connectivity index (χ0) is 20.5. The third-order valence-corrected chi connectivity index (χ3v) is 7.50. The Morgan fingerprint density at radius 3 is 2.69 bits per heavy atom. The second-order valence-corrected chi connectivity index (χ2v) is 9.41. The van der Waals surface area contributed by atoms with Crippen LogP contribution in [-0.4, -0.2) is 46.4 Å². The van der Waals surface area contributed by atoms with Crippen molar-refractivity contribution < 1.29 is 9.59 Å². The first-order valence-corrected chi connectivity index (χ1v) is 11.3. The van der Waals surface area contributed by atoms with E-state index >= 15 is 0 Å². The summed E-state index contributed by atoms with van der Waals surface area (Å²) in [6.07, 6.45) is 10.9. The van der Waals surface area contributed by atoms with E-state index in [0.717, 1.165) is 38.8 Å². The maximum Gasteiger partial charge on any atom is 0.222 e. The zero-order valence-electron chi connectivity index (χ0n) is 17.0. The Labute approximate surface area is 176 Å². The monoisotopic (exact) mass is 412 g/mol. The van der Waals surface area contributed by atoms with E-state index in [0.29, 0.717) is 31.8 Å². The van der Waals surface area contributed by atoms with Crippen LogP contribution in [0.3, 0.4) is 0 Å². The molecule has 3 aliphatic rings. The number of hydrogen-bond donors (Lipinski definition) is 0. The predicted octanol–water partition coefficient (Wildman–Crippen LogP) is 3.83. The minimum absolute atomic E-state index is 0.144. The average Bonchev–Trinajstić information content (AvgIpc) is 3.58. The zero-order valence-corrected chi connectivity index (χ0v) is 17.8. The van der Waals surface area contributed by atoms with E-state index in [-0.39, 0.29) is 22.9 Å². The van der Waals surface area contributed by atoms with E-state index in [1.54, 1.807) is 18.3 Å². The number of amides is 2. The minimum atomic E-state index is -0.385. The van der Waals surface area contributed by atoms with Crippen LogP contribution in [0.2, 0.25) is 0 Å². The number of terminal acetylenes is 1. The first-order valence-electron chi connectivity index (χ1n) is 10.4. The van der Waals surface area contributed by atoms with Crippen LogP contribution in [0.15, 0.2) is 27.1 Å². The van der Waals surface area contributed by atoms with Gasteiger partial charge in [-0.3, -0.25) is 9.59 Å². The van der Waals surface area contributed by atoms with Gasteiger partial charge in [-0.05, 0) is 47.1 Å². The molecule has 154 valence electrons. The van der Waals surface area contributed by atoms with Gasteiger partial charge in [0, 0.05) is 58.3 Å². The summed E-state index contributed by atoms with van der Waals surface area (Å²) < 4.78 is 0. The van der Waals surface area contributed by atoms with Gasteiger partial charge in [-0.1, -0.05) is 0 Å². The topological polar surface area (TPSA) is 65.3 Å². The van der Waals surface area contributed by atoms with Gasteiger partial charge in [-0.25, -0.2) is 0 Å². The summed E-state index contributed by atoms with van der Waals surface area (Å²) in [5.74, 6) is 2.96. The molecule has 1 saturated heterocycles. The van der Waals surface area contributed by atoms with Gasteiger partial charge in [0.2, 0.25) is 11.8 Å². The molecule has 2 aliphatic heterocycles. The second-order valence-electron chi connectivity index (χ2n) is 8.63. The standard InChI is InChI=1S/C22H28N4O2S/c1-3-4-7-22(23-24-22)8-5-20(28)25-11-9-21(10-12-25)14-19(21)26(17(2)27)15-18-6-13-29-16-18/h1,6,13,16,19H,4-5,7-12,14-15H2,2H3. The van der Waals surface area contributed by atoms with E-state index in [1.807, 2.05) is 9.80 Å². The van der Waals surface area contributed by atoms with Gasteiger partial charge in [-0.2, -0.15) is 21.6 Å². The molecule has 0 radical (unpaired) electrons. The van der Waals surface area contributed by atoms with Gasteiger partial charge >= 0.3 is 0 Å². The fourth-order valence-corrected chi connectivity index (χ4v) is 5.32. The summed E-state index contributed by atoms with van der Waals surface area (Å²) in [5.41, 5.74) is 1.02. The normalized spacial score (nSPS) is 22.9. The molecule has 29 heavy (non-hydrogen) atoms. The van der Waals surface area contributed by atoms with E-state index in [1.165, 1.54) is 5.56 Å². The van der Waals surface area contributed by atoms with Crippen molar-refractivity contribution in [1.29, 1.82) is 0 Å². The van der Waals surface area contributed by atoms with Crippen LogP contribution in [0.25, 0.3) is 0 Å². The van der Waals surface area contributed by atoms with Crippen molar-refractivity contribution in [2.75, 3.05) is 13.1 Å². The molecular weight excluding hydrogens is 384 g/mol. The lowest BCUT2D eigenvalue weighted by Crippen LogP contribution is -2.42. The molecule has 1 aromatic rings. The summed E-state index contributed by atoms with van der Waals surface area (Å²) in [4.78, 5) is 28.9. The summed E-state index contributed by atoms with van der Waals surface area (Å²) in [6, 6.07) is 2.40. The summed E-state index contributed by atoms with van der Waals surface area (Å²) in [7, 11) is 0. The van der Waals surface area contributed by atoms with Gasteiger partial charge in [0.05, 0.1) is 0 Å². The molecule has 2 fully saturated rings. The maximum atomic E-state index is 12.7. The molecular formula is C22H28N4O2S. The molecule has 1 aromatic heterocycles. The van der Waals surface area contributed by atoms with E-state index in [9.17, 15) is 9.59 Å². The molecule has 1 spiro atoms. The van der Waals surface area contributed by atoms with Gasteiger partial charge in [0.15, 0.2) is 5.66 Å². The molecule has 1 unspecified atom stereocenters. The lowest BCUT2D eigenvalue weighted by molar-refractivity contribution is -0.134. The Hall–Kier alpha value is -2.20. The molecule has 1 saturated carbocycles. The maximum absolute atomic E-state index is 12.7. The highest BCUT2D eigenvalue weighted by Gasteiger charge is 2.58. The number of thiophene rings is 1. The Morgan fingerprint density at radius 1 is 1.34 bits per heavy atom. The van der Waals surface area contributed by atoms with Gasteiger partial charge in [-0.15, -0.1) is 12.3 Å². The van der Waals surface area contributed by atoms with E-state index in [4.69, 9.17) is 6.42 Å². The van der Waals surface area contributed by atoms with Crippen LogP contribution < -0.4 is 0 Å². The summed E-state index contributed by atoms with van der Waals surface area (Å²) in [6.45, 7) is 3.93. The number of carbonyl (C=O) groups is 2. The van der Waals surface area contributed by atoms with Gasteiger partial charge < -0.3 is 9.80 Å². The molecule has 0 aromatic carbocycles. The highest BCUT2D eigenvalue weighted by Crippen LogP contribution is 2.57. The summed E-state index contributed by atoms with van der Waals surface area (Å²) >= 11 is 1.67. The average molecular weight is 413 g/mol. The van der Waals surface area contributed by atoms with Gasteiger partial charge in [0.25, 0.3) is 0 Å². The van der Waals surface area contributed by atoms with Crippen molar-refractivity contribution in [2.24, 2.45) is 15.6 Å². The van der Waals surface area contributed by atoms with Crippen LogP contribution in [0.4, 0.5) is 0 Å². The van der Waals surface area contributed by atoms with Crippen molar-refractivity contribution in [2.45, 2.75) is 70.1 Å². The predicted molar refractivity (Wildman–Crippen MR) is 112 cm³/mol. The number of piperidine rings is 1. The third-order valence-electron chi connectivity index (χ3n) is 6.76. The number of carbonyl (C=O) groups excluding carboxylic acids is 2. The van der Waals surface area contributed by atoms with Crippen LogP contribution >= 0.6 is 11.3 Å². The lowest BCUT2D eigenvalue weighted by atomic mass is 9.91. The third kappa shape index (κ3) is 4.37. The molecule has 1 aliphatic carbocycles. The molecule has 7 heteroatoms. The molecule has 1 atom stereocenters. The number of hydrogen-bond acceptors (Lipinski definition) is 5. The fraction of sp³-hybridized carbons (Fsp3) is 0.636. The van der Waals surface area contributed by atoms with Crippen LogP contribution in [0.5, 0.6) is 0 Å². The first-order chi connectivity index (χ1) is 14.0. The molecule has 3 heterocycles. The Morgan fingerprint density at radius 2 is 2.10 bits per heavy atom. The van der Waals surface area contributed by atoms with Crippen LogP contribution in [0.1, 0.15) is 57.4 Å². The lowest BCUT2D eigenvalue weighted by Gasteiger charge is -2.35. The number of likely N-dealkylation sites (tertiary alicyclic amines) is 1. The van der Waals surface area contributed by atoms with Crippen LogP contribution in [0, 0.1) is 17.8 Å². The molecule has 0 N–H and O–H groups in total. The molecule has 4 rings (SSSR count). The van der Waals surface area contributed by atoms with Crippen molar-refractivity contribution in [1.82, 2.24) is 9.80 Å². The number of nitrogens with zero attached hydrogens (tertiary/aromatic N) is 4. The smallest absolute Gasteiger partial charge is 0.222 e. The number of rotatable bonds is 8. The Bertz CT molecular complexity index is 827. The van der Waals surface area contributed by atoms with Crippen molar-refractivity contribution in [3.8, 4) is 12.3 Å². The summed E-state index contributed by atoms with van der Waals surface area (Å²) in [5, 5.41) is 12.4. The first kappa shape index (κ1) is 20.1. The van der Waals surface area contributed by atoms with Crippen molar-refractivity contribution in [3.63, 3.8) is 0 Å². The highest BCUT2D eigenvalue weighted by atomic mass is 32.1. The highest BCUT2D eigenvalue weighted by molar-refractivity contribution is 7.07. The van der Waals surface area contributed by atoms with Crippen molar-refractivity contribution in [3.05, 3.63) is 22.4 Å². The fourth-order valence-electron chi connectivity index (χ4n) is 4.66. The Balaban J connectivity index is 1.25. The largest absolute Gasteiger partial charge is 0.343 e. The minimum Gasteiger partial charge on any atom is -0.343 e. The molecule has 2 amide bonds. The second kappa shape index (κ2) is 7.91. The quantitative estimate of drug-likeness (QED) is 0.609. The Kier molecular flexibility index (Phi) is 5.48. The van der Waals surface area contributed by atoms with E-state index in [2.05, 4.69) is 33.0 Å². The van der Waals surface area contributed by atoms with Gasteiger partial charge in [0.1, 0.15) is 0 Å². The van der Waals surface area contributed by atoms with E-state index < -0.39 is 0 Å². The molecule has 0 bridgehead atoms. The SMILES string of the molecule is C#CCCC1(CCC(=O)N2CCC3(CC2)CC3N(Cc2ccsc2)C(C)=O)N=N1.